The third kappa shape index (κ3) is 19.6. The largest absolute Gasteiger partial charge is 0.382 e. The van der Waals surface area contributed by atoms with Crippen LogP contribution in [0.4, 0.5) is 4.79 Å². The van der Waals surface area contributed by atoms with Crippen LogP contribution in [0.3, 0.4) is 0 Å². The highest BCUT2D eigenvalue weighted by atomic mass is 16.6. The fraction of sp³-hybridized carbons (Fsp3) is 0.609. The third-order valence-electron chi connectivity index (χ3n) is 3.66. The van der Waals surface area contributed by atoms with E-state index in [1.807, 2.05) is 26.0 Å². The van der Waals surface area contributed by atoms with E-state index in [0.29, 0.717) is 77.3 Å². The average Bonchev–Trinajstić information content (AvgIpc) is 2.78. The number of nitrogens with one attached hydrogen (secondary N) is 2. The summed E-state index contributed by atoms with van der Waals surface area (Å²) in [4.78, 5) is 12.0. The molecule has 0 saturated heterocycles. The minimum absolute atomic E-state index is 0.316. The molecule has 0 spiro atoms. The summed E-state index contributed by atoms with van der Waals surface area (Å²) in [6, 6.07) is -0.316. The lowest BCUT2D eigenvalue weighted by atomic mass is 10.2. The third-order valence-corrected chi connectivity index (χ3v) is 3.66. The van der Waals surface area contributed by atoms with Gasteiger partial charge in [0.05, 0.1) is 59.5 Å². The molecule has 0 aliphatic carbocycles. The summed E-state index contributed by atoms with van der Waals surface area (Å²) in [6.07, 6.45) is 13.7. The number of urea groups is 1. The molecule has 0 radical (unpaired) electrons. The Kier molecular flexibility index (Phi) is 21.0. The smallest absolute Gasteiger partial charge is 0.319 e. The molecular weight excluding hydrogens is 400 g/mol. The first-order chi connectivity index (χ1) is 15.2. The maximum absolute atomic E-state index is 12.0. The van der Waals surface area contributed by atoms with Crippen LogP contribution in [-0.2, 0) is 23.7 Å². The molecule has 0 aromatic carbocycles. The molecule has 0 bridgehead atoms. The fourth-order valence-electron chi connectivity index (χ4n) is 2.06. The normalized spacial score (nSPS) is 12.2. The number of rotatable bonds is 19. The van der Waals surface area contributed by atoms with Gasteiger partial charge in [-0.3, -0.25) is 0 Å². The second-order valence-electron chi connectivity index (χ2n) is 6.12. The van der Waals surface area contributed by atoms with Gasteiger partial charge in [-0.15, -0.1) is 6.42 Å². The Morgan fingerprint density at radius 2 is 1.48 bits per heavy atom. The topological polar surface area (TPSA) is 87.3 Å². The maximum Gasteiger partial charge on any atom is 0.319 e. The minimum Gasteiger partial charge on any atom is -0.382 e. The zero-order chi connectivity index (χ0) is 23.0. The first kappa shape index (κ1) is 28.9. The Labute approximate surface area is 187 Å². The van der Waals surface area contributed by atoms with Crippen LogP contribution in [-0.4, -0.2) is 79.1 Å². The molecule has 8 heteroatoms. The molecule has 0 aliphatic heterocycles. The summed E-state index contributed by atoms with van der Waals surface area (Å²) in [5, 5.41) is 5.48. The first-order valence-electron chi connectivity index (χ1n) is 10.5. The van der Waals surface area contributed by atoms with Crippen LogP contribution in [0.1, 0.15) is 20.3 Å². The van der Waals surface area contributed by atoms with Crippen molar-refractivity contribution in [3.8, 4) is 12.3 Å². The van der Waals surface area contributed by atoms with E-state index < -0.39 is 0 Å². The Balaban J connectivity index is 3.66. The van der Waals surface area contributed by atoms with Crippen LogP contribution in [0.25, 0.3) is 0 Å². The van der Waals surface area contributed by atoms with Gasteiger partial charge in [-0.05, 0) is 19.4 Å². The molecule has 176 valence electrons. The molecule has 0 aromatic heterocycles. The molecule has 0 unspecified atom stereocenters. The van der Waals surface area contributed by atoms with Crippen LogP contribution in [0.2, 0.25) is 0 Å². The van der Waals surface area contributed by atoms with Gasteiger partial charge >= 0.3 is 6.03 Å². The van der Waals surface area contributed by atoms with Crippen LogP contribution >= 0.6 is 0 Å². The van der Waals surface area contributed by atoms with Crippen molar-refractivity contribution < 1.29 is 28.5 Å². The number of allylic oxidation sites excluding steroid dienone is 5. The van der Waals surface area contributed by atoms with E-state index in [-0.39, 0.29) is 6.03 Å². The minimum atomic E-state index is -0.316. The fourth-order valence-corrected chi connectivity index (χ4v) is 2.06. The second kappa shape index (κ2) is 22.5. The summed E-state index contributed by atoms with van der Waals surface area (Å²) in [6.45, 7) is 8.77. The summed E-state index contributed by atoms with van der Waals surface area (Å²) in [7, 11) is 1.64. The number of carbonyl (C=O) groups is 1. The molecule has 2 amide bonds. The molecule has 31 heavy (non-hydrogen) atoms. The highest BCUT2D eigenvalue weighted by Gasteiger charge is 2.02. The van der Waals surface area contributed by atoms with Gasteiger partial charge < -0.3 is 34.3 Å². The van der Waals surface area contributed by atoms with Crippen molar-refractivity contribution in [2.45, 2.75) is 20.3 Å². The van der Waals surface area contributed by atoms with Crippen molar-refractivity contribution in [2.75, 3.05) is 73.1 Å². The standard InChI is InChI=1S/C23H38N2O6/c1-5-8-9-21(6-2)20-22(7-3)25-23(26)24-10-11-28-14-15-30-18-19-31-17-16-29-13-12-27-4/h2,7-9,20H,5,10-19H2,1,3-4H3,(H2,24,25,26)/b9-8-,21-20-,22-7+. The molecule has 8 nitrogen and oxygen atoms in total. The van der Waals surface area contributed by atoms with Gasteiger partial charge in [-0.25, -0.2) is 4.79 Å². The number of terminal acetylenes is 1. The van der Waals surface area contributed by atoms with Crippen molar-refractivity contribution >= 4 is 6.03 Å². The number of methoxy groups -OCH3 is 1. The summed E-state index contributed by atoms with van der Waals surface area (Å²) in [5.41, 5.74) is 1.32. The summed E-state index contributed by atoms with van der Waals surface area (Å²) in [5.74, 6) is 2.59. The lowest BCUT2D eigenvalue weighted by molar-refractivity contribution is -0.00738. The van der Waals surface area contributed by atoms with Crippen LogP contribution in [0, 0.1) is 12.3 Å². The molecular formula is C23H38N2O6. The van der Waals surface area contributed by atoms with E-state index in [2.05, 4.69) is 16.6 Å². The van der Waals surface area contributed by atoms with Gasteiger partial charge in [0.1, 0.15) is 0 Å². The Hall–Kier alpha value is -2.15. The van der Waals surface area contributed by atoms with E-state index in [1.54, 1.807) is 19.3 Å². The zero-order valence-electron chi connectivity index (χ0n) is 19.1. The lowest BCUT2D eigenvalue weighted by Gasteiger charge is -2.09. The highest BCUT2D eigenvalue weighted by molar-refractivity contribution is 5.76. The van der Waals surface area contributed by atoms with E-state index in [0.717, 1.165) is 6.42 Å². The van der Waals surface area contributed by atoms with Crippen molar-refractivity contribution in [1.29, 1.82) is 0 Å². The van der Waals surface area contributed by atoms with Crippen molar-refractivity contribution in [1.82, 2.24) is 10.6 Å². The van der Waals surface area contributed by atoms with Crippen LogP contribution < -0.4 is 10.6 Å². The van der Waals surface area contributed by atoms with E-state index >= 15 is 0 Å². The van der Waals surface area contributed by atoms with Gasteiger partial charge in [0.25, 0.3) is 0 Å². The number of hydrogen-bond donors (Lipinski definition) is 2. The maximum atomic E-state index is 12.0. The monoisotopic (exact) mass is 438 g/mol. The molecule has 0 fully saturated rings. The number of carbonyl (C=O) groups excluding carboxylic acids is 1. The quantitative estimate of drug-likeness (QED) is 0.183. The average molecular weight is 439 g/mol. The van der Waals surface area contributed by atoms with E-state index in [9.17, 15) is 4.79 Å². The molecule has 0 heterocycles. The second-order valence-corrected chi connectivity index (χ2v) is 6.12. The SMILES string of the molecule is C#CC(/C=C\CC)=C/C(=C\C)NC(=O)NCCOCCOCCOCCOCCOC. The van der Waals surface area contributed by atoms with Gasteiger partial charge in [0, 0.05) is 24.9 Å². The van der Waals surface area contributed by atoms with Gasteiger partial charge in [0.2, 0.25) is 0 Å². The van der Waals surface area contributed by atoms with Crippen molar-refractivity contribution in [2.24, 2.45) is 0 Å². The Morgan fingerprint density at radius 1 is 0.935 bits per heavy atom. The van der Waals surface area contributed by atoms with E-state index in [1.165, 1.54) is 0 Å². The number of hydrogen-bond acceptors (Lipinski definition) is 6. The number of amides is 2. The highest BCUT2D eigenvalue weighted by Crippen LogP contribution is 2.02. The van der Waals surface area contributed by atoms with Gasteiger partial charge in [-0.1, -0.05) is 31.1 Å². The van der Waals surface area contributed by atoms with E-state index in [4.69, 9.17) is 30.1 Å². The number of ether oxygens (including phenoxy) is 5. The summed E-state index contributed by atoms with van der Waals surface area (Å²) >= 11 is 0. The zero-order valence-corrected chi connectivity index (χ0v) is 19.1. The lowest BCUT2D eigenvalue weighted by Crippen LogP contribution is -2.36. The molecule has 0 aromatic rings. The van der Waals surface area contributed by atoms with Crippen molar-refractivity contribution in [3.63, 3.8) is 0 Å². The molecule has 2 N–H and O–H groups in total. The molecule has 0 saturated carbocycles. The van der Waals surface area contributed by atoms with Crippen molar-refractivity contribution in [3.05, 3.63) is 35.6 Å². The van der Waals surface area contributed by atoms with Crippen LogP contribution in [0.15, 0.2) is 35.6 Å². The Morgan fingerprint density at radius 3 is 1.97 bits per heavy atom. The molecule has 0 rings (SSSR count). The molecule has 0 atom stereocenters. The Bertz CT molecular complexity index is 581. The van der Waals surface area contributed by atoms with Gasteiger partial charge in [0.15, 0.2) is 0 Å². The van der Waals surface area contributed by atoms with Gasteiger partial charge in [-0.2, -0.15) is 0 Å². The summed E-state index contributed by atoms with van der Waals surface area (Å²) < 4.78 is 26.3. The predicted octanol–water partition coefficient (Wildman–Crippen LogP) is 2.43. The molecule has 0 aliphatic rings. The predicted molar refractivity (Wildman–Crippen MR) is 122 cm³/mol. The first-order valence-corrected chi connectivity index (χ1v) is 10.5. The van der Waals surface area contributed by atoms with Crippen LogP contribution in [0.5, 0.6) is 0 Å².